The lowest BCUT2D eigenvalue weighted by molar-refractivity contribution is -0.115. The third kappa shape index (κ3) is 4.62. The first-order valence-corrected chi connectivity index (χ1v) is 9.91. The summed E-state index contributed by atoms with van der Waals surface area (Å²) in [6, 6.07) is 12.8. The van der Waals surface area contributed by atoms with E-state index in [0.29, 0.717) is 22.7 Å². The molecule has 7 heteroatoms. The van der Waals surface area contributed by atoms with Gasteiger partial charge in [0.05, 0.1) is 6.54 Å². The van der Waals surface area contributed by atoms with Crippen molar-refractivity contribution in [2.24, 2.45) is 5.92 Å². The number of nitrogens with one attached hydrogen (secondary N) is 2. The topological polar surface area (TPSA) is 79.9 Å². The van der Waals surface area contributed by atoms with Crippen molar-refractivity contribution in [1.82, 2.24) is 5.32 Å². The molecular weight excluding hydrogens is 370 g/mol. The van der Waals surface area contributed by atoms with Crippen LogP contribution in [0.1, 0.15) is 30.1 Å². The second-order valence-electron chi connectivity index (χ2n) is 7.52. The van der Waals surface area contributed by atoms with Crippen molar-refractivity contribution >= 4 is 23.2 Å². The van der Waals surface area contributed by atoms with Gasteiger partial charge >= 0.3 is 0 Å². The van der Waals surface area contributed by atoms with Crippen LogP contribution in [0.2, 0.25) is 0 Å². The van der Waals surface area contributed by atoms with E-state index >= 15 is 0 Å². The van der Waals surface area contributed by atoms with Crippen LogP contribution in [0.15, 0.2) is 42.5 Å². The number of nitrogens with zero attached hydrogens (tertiary/aromatic N) is 1. The van der Waals surface area contributed by atoms with E-state index in [1.165, 1.54) is 18.5 Å². The first-order chi connectivity index (χ1) is 14.1. The van der Waals surface area contributed by atoms with Crippen LogP contribution in [-0.2, 0) is 4.79 Å². The number of fused-ring (bicyclic) bond motifs is 1. The molecule has 152 valence electrons. The zero-order chi connectivity index (χ0) is 20.2. The number of hydrogen-bond acceptors (Lipinski definition) is 5. The van der Waals surface area contributed by atoms with E-state index < -0.39 is 0 Å². The Morgan fingerprint density at radius 2 is 1.76 bits per heavy atom. The van der Waals surface area contributed by atoms with Crippen molar-refractivity contribution < 1.29 is 19.1 Å². The summed E-state index contributed by atoms with van der Waals surface area (Å²) in [5.41, 5.74) is 2.30. The van der Waals surface area contributed by atoms with E-state index in [2.05, 4.69) is 22.5 Å². The molecule has 7 nitrogen and oxygen atoms in total. The van der Waals surface area contributed by atoms with Gasteiger partial charge in [-0.3, -0.25) is 9.59 Å². The van der Waals surface area contributed by atoms with E-state index in [1.54, 1.807) is 18.2 Å². The molecule has 0 spiro atoms. The minimum Gasteiger partial charge on any atom is -0.454 e. The van der Waals surface area contributed by atoms with Gasteiger partial charge in [0.2, 0.25) is 12.7 Å². The summed E-state index contributed by atoms with van der Waals surface area (Å²) in [6.07, 6.45) is 2.42. The molecule has 0 aliphatic carbocycles. The van der Waals surface area contributed by atoms with Crippen molar-refractivity contribution in [2.75, 3.05) is 36.6 Å². The predicted octanol–water partition coefficient (Wildman–Crippen LogP) is 3.02. The summed E-state index contributed by atoms with van der Waals surface area (Å²) in [4.78, 5) is 26.8. The highest BCUT2D eigenvalue weighted by Gasteiger charge is 2.17. The summed E-state index contributed by atoms with van der Waals surface area (Å²) in [5, 5.41) is 5.43. The lowest BCUT2D eigenvalue weighted by atomic mass is 9.99. The molecule has 2 aromatic rings. The van der Waals surface area contributed by atoms with Gasteiger partial charge in [0.25, 0.3) is 5.91 Å². The van der Waals surface area contributed by atoms with Gasteiger partial charge < -0.3 is 25.0 Å². The van der Waals surface area contributed by atoms with Crippen LogP contribution < -0.4 is 25.0 Å². The zero-order valence-corrected chi connectivity index (χ0v) is 16.4. The van der Waals surface area contributed by atoms with Crippen LogP contribution in [-0.4, -0.2) is 38.2 Å². The third-order valence-corrected chi connectivity index (χ3v) is 5.34. The molecule has 29 heavy (non-hydrogen) atoms. The van der Waals surface area contributed by atoms with Crippen LogP contribution >= 0.6 is 0 Å². The van der Waals surface area contributed by atoms with Gasteiger partial charge in [0.1, 0.15) is 0 Å². The second kappa shape index (κ2) is 8.43. The summed E-state index contributed by atoms with van der Waals surface area (Å²) >= 11 is 0. The van der Waals surface area contributed by atoms with Crippen molar-refractivity contribution in [2.45, 2.75) is 19.8 Å². The molecule has 2 aliphatic rings. The van der Waals surface area contributed by atoms with Crippen LogP contribution in [0.5, 0.6) is 11.5 Å². The number of rotatable bonds is 5. The highest BCUT2D eigenvalue weighted by atomic mass is 16.7. The highest BCUT2D eigenvalue weighted by molar-refractivity contribution is 5.99. The van der Waals surface area contributed by atoms with Gasteiger partial charge in [-0.1, -0.05) is 6.92 Å². The normalized spacial score (nSPS) is 15.8. The Labute approximate surface area is 170 Å². The van der Waals surface area contributed by atoms with Crippen molar-refractivity contribution in [3.63, 3.8) is 0 Å². The smallest absolute Gasteiger partial charge is 0.251 e. The summed E-state index contributed by atoms with van der Waals surface area (Å²) < 4.78 is 10.5. The average molecular weight is 395 g/mol. The molecule has 0 bridgehead atoms. The van der Waals surface area contributed by atoms with Gasteiger partial charge in [-0.15, -0.1) is 0 Å². The first kappa shape index (κ1) is 19.1. The minimum absolute atomic E-state index is 0.112. The Morgan fingerprint density at radius 3 is 2.52 bits per heavy atom. The fourth-order valence-corrected chi connectivity index (χ4v) is 3.53. The van der Waals surface area contributed by atoms with Crippen molar-refractivity contribution in [3.8, 4) is 11.5 Å². The van der Waals surface area contributed by atoms with E-state index in [9.17, 15) is 9.59 Å². The number of carbonyl (C=O) groups excluding carboxylic acids is 2. The van der Waals surface area contributed by atoms with Crippen molar-refractivity contribution in [1.29, 1.82) is 0 Å². The molecule has 2 N–H and O–H groups in total. The molecule has 2 aliphatic heterocycles. The number of benzene rings is 2. The van der Waals surface area contributed by atoms with Gasteiger partial charge in [-0.25, -0.2) is 0 Å². The zero-order valence-electron chi connectivity index (χ0n) is 16.4. The van der Waals surface area contributed by atoms with E-state index in [0.717, 1.165) is 19.0 Å². The Morgan fingerprint density at radius 1 is 1.03 bits per heavy atom. The highest BCUT2D eigenvalue weighted by Crippen LogP contribution is 2.32. The fourth-order valence-electron chi connectivity index (χ4n) is 3.53. The maximum atomic E-state index is 12.3. The molecule has 0 aromatic heterocycles. The number of ether oxygens (including phenoxy) is 2. The quantitative estimate of drug-likeness (QED) is 0.814. The molecule has 2 amide bonds. The molecule has 4 rings (SSSR count). The first-order valence-electron chi connectivity index (χ1n) is 9.91. The van der Waals surface area contributed by atoms with E-state index in [-0.39, 0.29) is 25.2 Å². The molecule has 1 saturated heterocycles. The second-order valence-corrected chi connectivity index (χ2v) is 7.52. The lowest BCUT2D eigenvalue weighted by Gasteiger charge is -2.32. The van der Waals surface area contributed by atoms with Crippen LogP contribution in [0.25, 0.3) is 0 Å². The third-order valence-electron chi connectivity index (χ3n) is 5.34. The summed E-state index contributed by atoms with van der Waals surface area (Å²) in [5.74, 6) is 1.32. The number of carbonyl (C=O) groups is 2. The molecule has 2 aromatic carbocycles. The number of anilines is 2. The molecule has 0 radical (unpaired) electrons. The molecule has 2 heterocycles. The average Bonchev–Trinajstić information content (AvgIpc) is 3.21. The number of hydrogen-bond donors (Lipinski definition) is 2. The van der Waals surface area contributed by atoms with Gasteiger partial charge in [0, 0.05) is 30.0 Å². The summed E-state index contributed by atoms with van der Waals surface area (Å²) in [7, 11) is 0. The Bertz CT molecular complexity index is 889. The molecule has 1 fully saturated rings. The van der Waals surface area contributed by atoms with E-state index in [4.69, 9.17) is 9.47 Å². The number of amides is 2. The maximum absolute atomic E-state index is 12.3. The van der Waals surface area contributed by atoms with Gasteiger partial charge in [-0.2, -0.15) is 0 Å². The Hall–Kier alpha value is -3.22. The Balaban J connectivity index is 1.26. The predicted molar refractivity (Wildman–Crippen MR) is 111 cm³/mol. The Kier molecular flexibility index (Phi) is 5.55. The molecule has 0 saturated carbocycles. The monoisotopic (exact) mass is 395 g/mol. The van der Waals surface area contributed by atoms with Gasteiger partial charge in [0.15, 0.2) is 11.5 Å². The fraction of sp³-hybridized carbons (Fsp3) is 0.364. The van der Waals surface area contributed by atoms with Gasteiger partial charge in [-0.05, 0) is 61.2 Å². The molecular formula is C22H25N3O4. The standard InChI is InChI=1S/C22H25N3O4/c1-15-8-10-25(11-9-15)18-5-3-17(4-6-18)24-21(26)13-23-22(27)16-2-7-19-20(12-16)29-14-28-19/h2-7,12,15H,8-11,13-14H2,1H3,(H,23,27)(H,24,26). The van der Waals surface area contributed by atoms with E-state index in [1.807, 2.05) is 24.3 Å². The van der Waals surface area contributed by atoms with Crippen LogP contribution in [0.4, 0.5) is 11.4 Å². The summed E-state index contributed by atoms with van der Waals surface area (Å²) in [6.45, 7) is 4.47. The van der Waals surface area contributed by atoms with Crippen LogP contribution in [0, 0.1) is 5.92 Å². The molecule has 0 unspecified atom stereocenters. The SMILES string of the molecule is CC1CCN(c2ccc(NC(=O)CNC(=O)c3ccc4c(c3)OCO4)cc2)CC1. The minimum atomic E-state index is -0.340. The largest absolute Gasteiger partial charge is 0.454 e. The lowest BCUT2D eigenvalue weighted by Crippen LogP contribution is -2.33. The van der Waals surface area contributed by atoms with Crippen LogP contribution in [0.3, 0.4) is 0 Å². The number of piperidine rings is 1. The maximum Gasteiger partial charge on any atom is 0.251 e. The molecule has 0 atom stereocenters. The van der Waals surface area contributed by atoms with Crippen molar-refractivity contribution in [3.05, 3.63) is 48.0 Å².